The molecule has 0 radical (unpaired) electrons. The molecule has 1 rings (SSSR count). The number of hydrogen-bond donors (Lipinski definition) is 1. The van der Waals surface area contributed by atoms with E-state index in [2.05, 4.69) is 5.32 Å². The monoisotopic (exact) mass is 182 g/mol. The fourth-order valence-electron chi connectivity index (χ4n) is 1.26. The predicted octanol–water partition coefficient (Wildman–Crippen LogP) is -0.0890. The Morgan fingerprint density at radius 1 is 1.38 bits per heavy atom. The number of nitrogens with one attached hydrogen (secondary N) is 1. The van der Waals surface area contributed by atoms with E-state index in [1.165, 1.54) is 0 Å². The van der Waals surface area contributed by atoms with E-state index in [9.17, 15) is 9.59 Å². The molecule has 0 atom stereocenters. The first-order valence-electron chi connectivity index (χ1n) is 4.31. The van der Waals surface area contributed by atoms with Crippen molar-refractivity contribution in [1.82, 2.24) is 10.2 Å². The van der Waals surface area contributed by atoms with Gasteiger partial charge in [-0.15, -0.1) is 0 Å². The first kappa shape index (κ1) is 9.77. The Balaban J connectivity index is 2.82. The molecular weight excluding hydrogens is 168 g/mol. The molecule has 1 aliphatic rings. The van der Waals surface area contributed by atoms with Crippen LogP contribution in [0.3, 0.4) is 0 Å². The average molecular weight is 182 g/mol. The summed E-state index contributed by atoms with van der Waals surface area (Å²) in [7, 11) is 3.67. The third-order valence-corrected chi connectivity index (χ3v) is 1.82. The second kappa shape index (κ2) is 4.07. The first-order valence-corrected chi connectivity index (χ1v) is 4.31. The Hall–Kier alpha value is -1.32. The number of carbonyl (C=O) groups is 2. The molecule has 0 aliphatic carbocycles. The molecule has 1 saturated heterocycles. The van der Waals surface area contributed by atoms with Crippen LogP contribution in [0.15, 0.2) is 11.8 Å². The Morgan fingerprint density at radius 3 is 2.69 bits per heavy atom. The zero-order valence-electron chi connectivity index (χ0n) is 7.96. The minimum absolute atomic E-state index is 0.397. The van der Waals surface area contributed by atoms with Crippen LogP contribution in [0.2, 0.25) is 0 Å². The van der Waals surface area contributed by atoms with Gasteiger partial charge in [-0.05, 0) is 12.8 Å². The van der Waals surface area contributed by atoms with Crippen molar-refractivity contribution in [3.63, 3.8) is 0 Å². The molecule has 72 valence electrons. The number of nitrogens with zero attached hydrogens (tertiary/aromatic N) is 1. The van der Waals surface area contributed by atoms with Gasteiger partial charge in [0.1, 0.15) is 0 Å². The van der Waals surface area contributed by atoms with E-state index in [1.807, 2.05) is 14.1 Å². The number of carbonyl (C=O) groups excluding carboxylic acids is 2. The molecule has 0 unspecified atom stereocenters. The highest BCUT2D eigenvalue weighted by Crippen LogP contribution is 2.09. The summed E-state index contributed by atoms with van der Waals surface area (Å²) < 4.78 is 0. The number of Topliss-reactive ketones (excluding diaryl/α,β-unsaturated/α-hetero) is 1. The van der Waals surface area contributed by atoms with Crippen LogP contribution in [-0.2, 0) is 9.59 Å². The van der Waals surface area contributed by atoms with Crippen molar-refractivity contribution < 1.29 is 9.59 Å². The SMILES string of the molecule is CN(C)/C=C1\CCCNC(=O)C1=O. The minimum Gasteiger partial charge on any atom is -0.383 e. The summed E-state index contributed by atoms with van der Waals surface area (Å²) in [5.74, 6) is -0.878. The van der Waals surface area contributed by atoms with Gasteiger partial charge >= 0.3 is 0 Å². The highest BCUT2D eigenvalue weighted by molar-refractivity contribution is 6.42. The maximum atomic E-state index is 11.4. The molecule has 4 heteroatoms. The van der Waals surface area contributed by atoms with Crippen LogP contribution in [-0.4, -0.2) is 37.2 Å². The van der Waals surface area contributed by atoms with E-state index in [0.717, 1.165) is 6.42 Å². The molecule has 0 aromatic rings. The third kappa shape index (κ3) is 2.57. The molecule has 1 N–H and O–H groups in total. The number of amides is 1. The summed E-state index contributed by atoms with van der Waals surface area (Å²) in [6.07, 6.45) is 3.22. The van der Waals surface area contributed by atoms with Crippen LogP contribution in [0, 0.1) is 0 Å². The van der Waals surface area contributed by atoms with E-state index in [-0.39, 0.29) is 0 Å². The molecule has 0 aromatic carbocycles. The van der Waals surface area contributed by atoms with Crippen molar-refractivity contribution in [2.45, 2.75) is 12.8 Å². The van der Waals surface area contributed by atoms with Crippen LogP contribution >= 0.6 is 0 Å². The highest BCUT2D eigenvalue weighted by atomic mass is 16.2. The van der Waals surface area contributed by atoms with Gasteiger partial charge < -0.3 is 10.2 Å². The van der Waals surface area contributed by atoms with E-state index in [0.29, 0.717) is 18.5 Å². The van der Waals surface area contributed by atoms with Gasteiger partial charge in [0.2, 0.25) is 5.78 Å². The predicted molar refractivity (Wildman–Crippen MR) is 49.0 cm³/mol. The van der Waals surface area contributed by atoms with Crippen molar-refractivity contribution in [2.75, 3.05) is 20.6 Å². The maximum absolute atomic E-state index is 11.4. The number of ketones is 1. The Labute approximate surface area is 77.6 Å². The van der Waals surface area contributed by atoms with Gasteiger partial charge in [0.05, 0.1) is 0 Å². The quantitative estimate of drug-likeness (QED) is 0.455. The lowest BCUT2D eigenvalue weighted by Crippen LogP contribution is -2.29. The van der Waals surface area contributed by atoms with Gasteiger partial charge in [-0.1, -0.05) is 0 Å². The molecule has 0 saturated carbocycles. The Kier molecular flexibility index (Phi) is 3.06. The lowest BCUT2D eigenvalue weighted by molar-refractivity contribution is -0.135. The first-order chi connectivity index (χ1) is 6.11. The van der Waals surface area contributed by atoms with Crippen LogP contribution in [0.25, 0.3) is 0 Å². The summed E-state index contributed by atoms with van der Waals surface area (Å²) in [4.78, 5) is 24.2. The van der Waals surface area contributed by atoms with Gasteiger partial charge in [0, 0.05) is 32.4 Å². The second-order valence-corrected chi connectivity index (χ2v) is 3.31. The molecule has 1 heterocycles. The molecule has 0 bridgehead atoms. The van der Waals surface area contributed by atoms with Crippen LogP contribution in [0.4, 0.5) is 0 Å². The van der Waals surface area contributed by atoms with Crippen LogP contribution < -0.4 is 5.32 Å². The summed E-state index contributed by atoms with van der Waals surface area (Å²) in [5.41, 5.74) is 0.597. The van der Waals surface area contributed by atoms with E-state index in [1.54, 1.807) is 11.1 Å². The fraction of sp³-hybridized carbons (Fsp3) is 0.556. The Morgan fingerprint density at radius 2 is 2.08 bits per heavy atom. The normalized spacial score (nSPS) is 21.2. The van der Waals surface area contributed by atoms with Crippen molar-refractivity contribution >= 4 is 11.7 Å². The zero-order chi connectivity index (χ0) is 9.84. The van der Waals surface area contributed by atoms with Gasteiger partial charge in [0.15, 0.2) is 0 Å². The maximum Gasteiger partial charge on any atom is 0.292 e. The van der Waals surface area contributed by atoms with E-state index < -0.39 is 11.7 Å². The standard InChI is InChI=1S/C9H14N2O2/c1-11(2)6-7-4-3-5-10-9(13)8(7)12/h6H,3-5H2,1-2H3,(H,10,13)/b7-6+. The van der Waals surface area contributed by atoms with Crippen molar-refractivity contribution in [3.05, 3.63) is 11.8 Å². The summed E-state index contributed by atoms with van der Waals surface area (Å²) in [6, 6.07) is 0. The zero-order valence-corrected chi connectivity index (χ0v) is 7.96. The number of hydrogen-bond acceptors (Lipinski definition) is 3. The smallest absolute Gasteiger partial charge is 0.292 e. The molecule has 1 aliphatic heterocycles. The summed E-state index contributed by atoms with van der Waals surface area (Å²) in [6.45, 7) is 0.593. The van der Waals surface area contributed by atoms with Gasteiger partial charge in [-0.25, -0.2) is 0 Å². The summed E-state index contributed by atoms with van der Waals surface area (Å²) in [5, 5.41) is 2.55. The third-order valence-electron chi connectivity index (χ3n) is 1.82. The Bertz CT molecular complexity index is 256. The lowest BCUT2D eigenvalue weighted by atomic mass is 10.1. The van der Waals surface area contributed by atoms with Crippen molar-refractivity contribution in [2.24, 2.45) is 0 Å². The molecule has 1 amide bonds. The molecule has 0 spiro atoms. The van der Waals surface area contributed by atoms with Gasteiger partial charge in [-0.2, -0.15) is 0 Å². The number of rotatable bonds is 1. The molecule has 0 aromatic heterocycles. The molecule has 13 heavy (non-hydrogen) atoms. The van der Waals surface area contributed by atoms with Crippen molar-refractivity contribution in [3.8, 4) is 0 Å². The average Bonchev–Trinajstić information content (AvgIpc) is 2.19. The van der Waals surface area contributed by atoms with Crippen LogP contribution in [0.1, 0.15) is 12.8 Å². The van der Waals surface area contributed by atoms with Crippen LogP contribution in [0.5, 0.6) is 0 Å². The lowest BCUT2D eigenvalue weighted by Gasteiger charge is -2.07. The molecular formula is C9H14N2O2. The van der Waals surface area contributed by atoms with Gasteiger partial charge in [-0.3, -0.25) is 9.59 Å². The highest BCUT2D eigenvalue weighted by Gasteiger charge is 2.21. The largest absolute Gasteiger partial charge is 0.383 e. The summed E-state index contributed by atoms with van der Waals surface area (Å²) >= 11 is 0. The van der Waals surface area contributed by atoms with E-state index >= 15 is 0 Å². The van der Waals surface area contributed by atoms with Gasteiger partial charge in [0.25, 0.3) is 5.91 Å². The molecule has 4 nitrogen and oxygen atoms in total. The second-order valence-electron chi connectivity index (χ2n) is 3.31. The topological polar surface area (TPSA) is 49.4 Å². The fourth-order valence-corrected chi connectivity index (χ4v) is 1.26. The van der Waals surface area contributed by atoms with E-state index in [4.69, 9.17) is 0 Å². The minimum atomic E-state index is -0.481. The molecule has 1 fully saturated rings. The van der Waals surface area contributed by atoms with Crippen molar-refractivity contribution in [1.29, 1.82) is 0 Å².